The molecule has 1 aromatic carbocycles. The van der Waals surface area contributed by atoms with Crippen molar-refractivity contribution < 1.29 is 9.21 Å². The largest absolute Gasteiger partial charge is 0.444 e. The Hall–Kier alpha value is -1.25. The summed E-state index contributed by atoms with van der Waals surface area (Å²) in [7, 11) is 0. The molecule has 0 saturated carbocycles. The van der Waals surface area contributed by atoms with E-state index in [0.717, 1.165) is 5.56 Å². The highest BCUT2D eigenvalue weighted by Gasteiger charge is 2.11. The van der Waals surface area contributed by atoms with Gasteiger partial charge in [0.1, 0.15) is 5.76 Å². The third-order valence-electron chi connectivity index (χ3n) is 1.96. The first-order chi connectivity index (χ1) is 7.20. The van der Waals surface area contributed by atoms with Crippen molar-refractivity contribution in [2.24, 2.45) is 0 Å². The molecule has 0 aliphatic heterocycles. The fraction of sp³-hybridized carbons (Fsp3) is 0. The highest BCUT2D eigenvalue weighted by Crippen LogP contribution is 2.29. The van der Waals surface area contributed by atoms with Crippen molar-refractivity contribution in [3.63, 3.8) is 0 Å². The highest BCUT2D eigenvalue weighted by molar-refractivity contribution is 6.30. The Balaban J connectivity index is 2.52. The second-order valence-electron chi connectivity index (χ2n) is 2.96. The lowest BCUT2D eigenvalue weighted by atomic mass is 10.1. The molecule has 76 valence electrons. The van der Waals surface area contributed by atoms with E-state index in [0.29, 0.717) is 22.6 Å². The average molecular weight is 241 g/mol. The van der Waals surface area contributed by atoms with Gasteiger partial charge in [-0.15, -0.1) is 0 Å². The molecule has 2 rings (SSSR count). The molecule has 2 aromatic rings. The topological polar surface area (TPSA) is 30.2 Å². The lowest BCUT2D eigenvalue weighted by Gasteiger charge is -1.97. The van der Waals surface area contributed by atoms with Crippen LogP contribution in [0.15, 0.2) is 34.7 Å². The van der Waals surface area contributed by atoms with Crippen LogP contribution in [0.2, 0.25) is 10.2 Å². The molecule has 4 heteroatoms. The van der Waals surface area contributed by atoms with Crippen LogP contribution in [0.25, 0.3) is 11.3 Å². The van der Waals surface area contributed by atoms with Crippen LogP contribution in [-0.2, 0) is 0 Å². The van der Waals surface area contributed by atoms with Crippen LogP contribution in [0.5, 0.6) is 0 Å². The maximum absolute atomic E-state index is 10.7. The SMILES string of the molecule is O=Cc1cc(Cl)oc1-c1ccc(Cl)cc1. The fourth-order valence-corrected chi connectivity index (χ4v) is 1.61. The Kier molecular flexibility index (Phi) is 2.80. The van der Waals surface area contributed by atoms with Crippen LogP contribution in [0.3, 0.4) is 0 Å². The van der Waals surface area contributed by atoms with Gasteiger partial charge in [-0.25, -0.2) is 0 Å². The van der Waals surface area contributed by atoms with Gasteiger partial charge in [-0.3, -0.25) is 4.79 Å². The van der Waals surface area contributed by atoms with Gasteiger partial charge < -0.3 is 4.42 Å². The van der Waals surface area contributed by atoms with E-state index in [1.54, 1.807) is 24.3 Å². The molecule has 0 N–H and O–H groups in total. The number of hydrogen-bond donors (Lipinski definition) is 0. The van der Waals surface area contributed by atoms with Crippen LogP contribution in [0, 0.1) is 0 Å². The molecule has 0 fully saturated rings. The Bertz CT molecular complexity index is 486. The maximum atomic E-state index is 10.7. The van der Waals surface area contributed by atoms with Crippen molar-refractivity contribution in [1.82, 2.24) is 0 Å². The second-order valence-corrected chi connectivity index (χ2v) is 3.77. The molecule has 0 atom stereocenters. The van der Waals surface area contributed by atoms with E-state index in [1.165, 1.54) is 6.07 Å². The molecule has 1 aromatic heterocycles. The summed E-state index contributed by atoms with van der Waals surface area (Å²) >= 11 is 11.4. The van der Waals surface area contributed by atoms with Crippen molar-refractivity contribution >= 4 is 29.5 Å². The normalized spacial score (nSPS) is 10.3. The monoisotopic (exact) mass is 240 g/mol. The average Bonchev–Trinajstić information content (AvgIpc) is 2.61. The first kappa shape index (κ1) is 10.3. The smallest absolute Gasteiger partial charge is 0.194 e. The standard InChI is InChI=1S/C11H6Cl2O2/c12-9-3-1-7(2-4-9)11-8(6-14)5-10(13)15-11/h1-6H. The molecule has 2 nitrogen and oxygen atoms in total. The summed E-state index contributed by atoms with van der Waals surface area (Å²) in [6.07, 6.45) is 0.708. The predicted octanol–water partition coefficient (Wildman–Crippen LogP) is 4.07. The molecule has 0 radical (unpaired) electrons. The Morgan fingerprint density at radius 2 is 1.80 bits per heavy atom. The number of furan rings is 1. The Morgan fingerprint density at radius 1 is 1.13 bits per heavy atom. The zero-order valence-corrected chi connectivity index (χ0v) is 9.05. The van der Waals surface area contributed by atoms with E-state index >= 15 is 0 Å². The van der Waals surface area contributed by atoms with Crippen LogP contribution in [0.1, 0.15) is 10.4 Å². The number of halogens is 2. The summed E-state index contributed by atoms with van der Waals surface area (Å²) in [5.41, 5.74) is 1.20. The van der Waals surface area contributed by atoms with E-state index in [9.17, 15) is 4.79 Å². The van der Waals surface area contributed by atoms with Gasteiger partial charge in [0.25, 0.3) is 0 Å². The first-order valence-electron chi connectivity index (χ1n) is 4.21. The van der Waals surface area contributed by atoms with Crippen molar-refractivity contribution in [3.05, 3.63) is 46.1 Å². The molecule has 0 aliphatic carbocycles. The van der Waals surface area contributed by atoms with E-state index in [-0.39, 0.29) is 5.22 Å². The Morgan fingerprint density at radius 3 is 2.40 bits per heavy atom. The van der Waals surface area contributed by atoms with E-state index in [1.807, 2.05) is 0 Å². The first-order valence-corrected chi connectivity index (χ1v) is 4.97. The van der Waals surface area contributed by atoms with Gasteiger partial charge in [-0.2, -0.15) is 0 Å². The lowest BCUT2D eigenvalue weighted by molar-refractivity contribution is 0.112. The number of carbonyl (C=O) groups excluding carboxylic acids is 1. The van der Waals surface area contributed by atoms with Gasteiger partial charge in [0.2, 0.25) is 0 Å². The minimum atomic E-state index is 0.196. The van der Waals surface area contributed by atoms with E-state index in [2.05, 4.69) is 0 Å². The summed E-state index contributed by atoms with van der Waals surface area (Å²) in [5, 5.41) is 0.825. The maximum Gasteiger partial charge on any atom is 0.194 e. The molecule has 15 heavy (non-hydrogen) atoms. The van der Waals surface area contributed by atoms with Gasteiger partial charge in [-0.1, -0.05) is 11.6 Å². The highest BCUT2D eigenvalue weighted by atomic mass is 35.5. The van der Waals surface area contributed by atoms with Gasteiger partial charge in [-0.05, 0) is 35.9 Å². The van der Waals surface area contributed by atoms with Gasteiger partial charge in [0.15, 0.2) is 11.5 Å². The molecule has 0 aliphatic rings. The molecule has 0 bridgehead atoms. The van der Waals surface area contributed by atoms with Crippen LogP contribution < -0.4 is 0 Å². The summed E-state index contributed by atoms with van der Waals surface area (Å²) in [5.74, 6) is 0.465. The van der Waals surface area contributed by atoms with Crippen molar-refractivity contribution in [2.45, 2.75) is 0 Å². The van der Waals surface area contributed by atoms with Crippen molar-refractivity contribution in [3.8, 4) is 11.3 Å². The second kappa shape index (κ2) is 4.09. The number of aldehydes is 1. The van der Waals surface area contributed by atoms with Gasteiger partial charge in [0, 0.05) is 16.7 Å². The van der Waals surface area contributed by atoms with Crippen LogP contribution in [0.4, 0.5) is 0 Å². The molecule has 0 unspecified atom stereocenters. The summed E-state index contributed by atoms with van der Waals surface area (Å²) < 4.78 is 5.22. The van der Waals surface area contributed by atoms with E-state index in [4.69, 9.17) is 27.6 Å². The molecule has 0 spiro atoms. The van der Waals surface area contributed by atoms with Gasteiger partial charge in [0.05, 0.1) is 5.56 Å². The molecular weight excluding hydrogens is 235 g/mol. The van der Waals surface area contributed by atoms with Crippen molar-refractivity contribution in [1.29, 1.82) is 0 Å². The van der Waals surface area contributed by atoms with Gasteiger partial charge >= 0.3 is 0 Å². The Labute approximate surface area is 96.4 Å². The quantitative estimate of drug-likeness (QED) is 0.742. The minimum absolute atomic E-state index is 0.196. The molecular formula is C11H6Cl2O2. The summed E-state index contributed by atoms with van der Waals surface area (Å²) in [4.78, 5) is 10.7. The number of carbonyl (C=O) groups is 1. The van der Waals surface area contributed by atoms with Crippen LogP contribution in [-0.4, -0.2) is 6.29 Å². The zero-order chi connectivity index (χ0) is 10.8. The molecule has 0 saturated heterocycles. The third kappa shape index (κ3) is 2.06. The lowest BCUT2D eigenvalue weighted by Crippen LogP contribution is -1.80. The minimum Gasteiger partial charge on any atom is -0.444 e. The number of rotatable bonds is 2. The van der Waals surface area contributed by atoms with Crippen LogP contribution >= 0.6 is 23.2 Å². The summed E-state index contributed by atoms with van der Waals surface area (Å²) in [6, 6.07) is 8.47. The zero-order valence-electron chi connectivity index (χ0n) is 7.54. The number of hydrogen-bond acceptors (Lipinski definition) is 2. The third-order valence-corrected chi connectivity index (χ3v) is 2.40. The summed E-state index contributed by atoms with van der Waals surface area (Å²) in [6.45, 7) is 0. The number of benzene rings is 1. The fourth-order valence-electron chi connectivity index (χ4n) is 1.29. The van der Waals surface area contributed by atoms with Crippen molar-refractivity contribution in [2.75, 3.05) is 0 Å². The predicted molar refractivity (Wildman–Crippen MR) is 59.6 cm³/mol. The molecule has 0 amide bonds. The molecule has 1 heterocycles. The van der Waals surface area contributed by atoms with E-state index < -0.39 is 0 Å².